The molecule has 0 spiro atoms. The van der Waals surface area contributed by atoms with Gasteiger partial charge in [0.1, 0.15) is 11.6 Å². The summed E-state index contributed by atoms with van der Waals surface area (Å²) in [5.41, 5.74) is 1.34. The summed E-state index contributed by atoms with van der Waals surface area (Å²) in [6, 6.07) is 10.0. The highest BCUT2D eigenvalue weighted by Crippen LogP contribution is 2.28. The Bertz CT molecular complexity index is 754. The molecule has 1 aliphatic carbocycles. The average Bonchev–Trinajstić information content (AvgIpc) is 3.30. The predicted molar refractivity (Wildman–Crippen MR) is 96.5 cm³/mol. The highest BCUT2D eigenvalue weighted by atomic mass is 19.1. The molecule has 2 atom stereocenters. The maximum Gasteiger partial charge on any atom is 0.253 e. The van der Waals surface area contributed by atoms with Crippen LogP contribution in [-0.2, 0) is 4.74 Å². The Morgan fingerprint density at radius 1 is 1.15 bits per heavy atom. The Hall–Kier alpha value is -2.47. The molecule has 26 heavy (non-hydrogen) atoms. The third kappa shape index (κ3) is 4.02. The van der Waals surface area contributed by atoms with E-state index in [-0.39, 0.29) is 23.9 Å². The van der Waals surface area contributed by atoms with Gasteiger partial charge in [-0.2, -0.15) is 0 Å². The maximum absolute atomic E-state index is 13.3. The van der Waals surface area contributed by atoms with Crippen molar-refractivity contribution < 1.29 is 13.9 Å². The largest absolute Gasteiger partial charge is 0.376 e. The Kier molecular flexibility index (Phi) is 4.84. The number of hydrogen-bond acceptors (Lipinski definition) is 4. The summed E-state index contributed by atoms with van der Waals surface area (Å²) in [5, 5.41) is 6.34. The van der Waals surface area contributed by atoms with Crippen LogP contribution in [0.4, 0.5) is 10.2 Å². The molecular formula is C20H22FN3O2. The molecule has 2 aromatic rings. The molecule has 1 saturated carbocycles. The van der Waals surface area contributed by atoms with Gasteiger partial charge in [-0.15, -0.1) is 0 Å². The van der Waals surface area contributed by atoms with E-state index in [0.717, 1.165) is 24.2 Å². The van der Waals surface area contributed by atoms with Gasteiger partial charge in [0.25, 0.3) is 5.91 Å². The molecular weight excluding hydrogens is 333 g/mol. The lowest BCUT2D eigenvalue weighted by Crippen LogP contribution is -2.36. The van der Waals surface area contributed by atoms with Gasteiger partial charge < -0.3 is 15.4 Å². The summed E-state index contributed by atoms with van der Waals surface area (Å²) in [4.78, 5) is 17.0. The number of aromatic nitrogens is 1. The van der Waals surface area contributed by atoms with E-state index in [0.29, 0.717) is 18.2 Å². The second-order valence-electron chi connectivity index (χ2n) is 6.90. The standard InChI is InChI=1S/C20H22FN3O2/c21-15-6-3-13(4-7-15)19(17-2-1-11-26-17)24-20(25)14-5-10-18(22-12-14)23-16-8-9-16/h3-7,10,12,16-17,19H,1-2,8-9,11H2,(H,22,23)(H,24,25)/t17-,19+/m1/s1. The number of amides is 1. The van der Waals surface area contributed by atoms with Crippen molar-refractivity contribution in [2.24, 2.45) is 0 Å². The van der Waals surface area contributed by atoms with E-state index in [9.17, 15) is 9.18 Å². The number of nitrogens with zero attached hydrogens (tertiary/aromatic N) is 1. The van der Waals surface area contributed by atoms with E-state index in [1.807, 2.05) is 6.07 Å². The number of carbonyl (C=O) groups excluding carboxylic acids is 1. The summed E-state index contributed by atoms with van der Waals surface area (Å²) in [6.07, 6.45) is 5.65. The zero-order chi connectivity index (χ0) is 17.9. The van der Waals surface area contributed by atoms with Gasteiger partial charge in [0.05, 0.1) is 17.7 Å². The number of anilines is 1. The fourth-order valence-electron chi connectivity index (χ4n) is 3.20. The number of rotatable bonds is 6. The number of halogens is 1. The Morgan fingerprint density at radius 3 is 2.58 bits per heavy atom. The molecule has 2 fully saturated rings. The molecule has 1 amide bonds. The van der Waals surface area contributed by atoms with Crippen LogP contribution in [0.15, 0.2) is 42.6 Å². The molecule has 4 rings (SSSR count). The van der Waals surface area contributed by atoms with Crippen LogP contribution in [0.1, 0.15) is 47.6 Å². The number of benzene rings is 1. The molecule has 136 valence electrons. The lowest BCUT2D eigenvalue weighted by atomic mass is 9.99. The van der Waals surface area contributed by atoms with Crippen LogP contribution in [0.2, 0.25) is 0 Å². The second kappa shape index (κ2) is 7.41. The van der Waals surface area contributed by atoms with Gasteiger partial charge in [-0.3, -0.25) is 4.79 Å². The first kappa shape index (κ1) is 17.0. The van der Waals surface area contributed by atoms with E-state index in [4.69, 9.17) is 4.74 Å². The summed E-state index contributed by atoms with van der Waals surface area (Å²) in [6.45, 7) is 0.682. The van der Waals surface area contributed by atoms with Crippen molar-refractivity contribution in [2.75, 3.05) is 11.9 Å². The summed E-state index contributed by atoms with van der Waals surface area (Å²) < 4.78 is 19.0. The van der Waals surface area contributed by atoms with Crippen LogP contribution in [0.3, 0.4) is 0 Å². The Balaban J connectivity index is 1.48. The third-order valence-corrected chi connectivity index (χ3v) is 4.81. The minimum atomic E-state index is -0.310. The van der Waals surface area contributed by atoms with Crippen molar-refractivity contribution in [3.05, 3.63) is 59.5 Å². The maximum atomic E-state index is 13.3. The van der Waals surface area contributed by atoms with Gasteiger partial charge >= 0.3 is 0 Å². The normalized spacial score (nSPS) is 20.6. The molecule has 2 heterocycles. The molecule has 0 radical (unpaired) electrons. The van der Waals surface area contributed by atoms with Crippen LogP contribution < -0.4 is 10.6 Å². The quantitative estimate of drug-likeness (QED) is 0.833. The topological polar surface area (TPSA) is 63.2 Å². The first-order valence-corrected chi connectivity index (χ1v) is 9.09. The van der Waals surface area contributed by atoms with E-state index < -0.39 is 0 Å². The molecule has 0 unspecified atom stereocenters. The second-order valence-corrected chi connectivity index (χ2v) is 6.90. The smallest absolute Gasteiger partial charge is 0.253 e. The number of pyridine rings is 1. The van der Waals surface area contributed by atoms with Gasteiger partial charge in [0.15, 0.2) is 0 Å². The molecule has 0 bridgehead atoms. The molecule has 1 saturated heterocycles. The van der Waals surface area contributed by atoms with Gasteiger partial charge in [0.2, 0.25) is 0 Å². The van der Waals surface area contributed by atoms with Crippen LogP contribution >= 0.6 is 0 Å². The lowest BCUT2D eigenvalue weighted by Gasteiger charge is -2.25. The van der Waals surface area contributed by atoms with Crippen LogP contribution in [0.25, 0.3) is 0 Å². The van der Waals surface area contributed by atoms with Gasteiger partial charge in [0, 0.05) is 18.8 Å². The van der Waals surface area contributed by atoms with E-state index in [1.54, 1.807) is 24.4 Å². The van der Waals surface area contributed by atoms with E-state index in [1.165, 1.54) is 25.0 Å². The molecule has 5 nitrogen and oxygen atoms in total. The summed E-state index contributed by atoms with van der Waals surface area (Å²) in [5.74, 6) is 0.285. The zero-order valence-corrected chi connectivity index (χ0v) is 14.5. The molecule has 1 aliphatic heterocycles. The number of ether oxygens (including phenoxy) is 1. The Labute approximate surface area is 152 Å². The number of hydrogen-bond donors (Lipinski definition) is 2. The minimum Gasteiger partial charge on any atom is -0.376 e. The Morgan fingerprint density at radius 2 is 1.96 bits per heavy atom. The van der Waals surface area contributed by atoms with Gasteiger partial charge in [-0.05, 0) is 55.5 Å². The SMILES string of the molecule is O=C(N[C@@H](c1ccc(F)cc1)[C@H]1CCCO1)c1ccc(NC2CC2)nc1. The van der Waals surface area contributed by atoms with Crippen molar-refractivity contribution in [3.63, 3.8) is 0 Å². The van der Waals surface area contributed by atoms with Crippen molar-refractivity contribution in [2.45, 2.75) is 43.9 Å². The van der Waals surface area contributed by atoms with Crippen LogP contribution in [0, 0.1) is 5.82 Å². The van der Waals surface area contributed by atoms with Crippen molar-refractivity contribution in [1.82, 2.24) is 10.3 Å². The van der Waals surface area contributed by atoms with Crippen molar-refractivity contribution in [3.8, 4) is 0 Å². The van der Waals surface area contributed by atoms with Gasteiger partial charge in [-0.25, -0.2) is 9.37 Å². The third-order valence-electron chi connectivity index (χ3n) is 4.81. The first-order valence-electron chi connectivity index (χ1n) is 9.09. The zero-order valence-electron chi connectivity index (χ0n) is 14.5. The van der Waals surface area contributed by atoms with Crippen molar-refractivity contribution >= 4 is 11.7 Å². The monoisotopic (exact) mass is 355 g/mol. The molecule has 1 aromatic heterocycles. The minimum absolute atomic E-state index is 0.104. The van der Waals surface area contributed by atoms with Crippen molar-refractivity contribution in [1.29, 1.82) is 0 Å². The van der Waals surface area contributed by atoms with Crippen LogP contribution in [0.5, 0.6) is 0 Å². The molecule has 2 N–H and O–H groups in total. The van der Waals surface area contributed by atoms with Gasteiger partial charge in [-0.1, -0.05) is 12.1 Å². The average molecular weight is 355 g/mol. The van der Waals surface area contributed by atoms with E-state index >= 15 is 0 Å². The lowest BCUT2D eigenvalue weighted by molar-refractivity contribution is 0.0672. The number of nitrogens with one attached hydrogen (secondary N) is 2. The molecule has 6 heteroatoms. The fourth-order valence-corrected chi connectivity index (χ4v) is 3.20. The predicted octanol–water partition coefficient (Wildman–Crippen LogP) is 3.45. The first-order chi connectivity index (χ1) is 12.7. The highest BCUT2D eigenvalue weighted by Gasteiger charge is 2.29. The summed E-state index contributed by atoms with van der Waals surface area (Å²) in [7, 11) is 0. The molecule has 1 aromatic carbocycles. The van der Waals surface area contributed by atoms with Crippen LogP contribution in [-0.4, -0.2) is 29.6 Å². The highest BCUT2D eigenvalue weighted by molar-refractivity contribution is 5.94. The molecule has 2 aliphatic rings. The van der Waals surface area contributed by atoms with E-state index in [2.05, 4.69) is 15.6 Å². The fraction of sp³-hybridized carbons (Fsp3) is 0.400. The summed E-state index contributed by atoms with van der Waals surface area (Å²) >= 11 is 0. The number of carbonyl (C=O) groups is 1.